The Hall–Kier alpha value is -1.64. The molecular weight excluding hydrogens is 342 g/mol. The van der Waals surface area contributed by atoms with Gasteiger partial charge in [-0.1, -0.05) is 6.42 Å². The van der Waals surface area contributed by atoms with Gasteiger partial charge in [0.1, 0.15) is 5.75 Å². The molecule has 1 unspecified atom stereocenters. The molecule has 1 amide bonds. The second kappa shape index (κ2) is 9.17. The van der Waals surface area contributed by atoms with Gasteiger partial charge in [-0.05, 0) is 44.0 Å². The van der Waals surface area contributed by atoms with Gasteiger partial charge in [-0.25, -0.2) is 8.42 Å². The van der Waals surface area contributed by atoms with Crippen LogP contribution in [0, 0.1) is 0 Å². The van der Waals surface area contributed by atoms with Crippen LogP contribution in [0.5, 0.6) is 5.75 Å². The van der Waals surface area contributed by atoms with Gasteiger partial charge in [0.15, 0.2) is 0 Å². The standard InChI is InChI=1S/C17H27N3O4S/c1-2-24-15-6-8-16(9-7-15)25(22,23)20-12-4-3-5-14(20)13-19-17(21)10-11-18/h6-9,14H,2-5,10-13,18H2,1H3,(H,19,21). The van der Waals surface area contributed by atoms with Crippen LogP contribution in [0.4, 0.5) is 0 Å². The Balaban J connectivity index is 2.12. The summed E-state index contributed by atoms with van der Waals surface area (Å²) in [7, 11) is -3.60. The van der Waals surface area contributed by atoms with Crippen molar-refractivity contribution in [3.05, 3.63) is 24.3 Å². The van der Waals surface area contributed by atoms with Crippen molar-refractivity contribution in [2.45, 2.75) is 43.5 Å². The number of nitrogens with zero attached hydrogens (tertiary/aromatic N) is 1. The summed E-state index contributed by atoms with van der Waals surface area (Å²) in [6.45, 7) is 3.47. The van der Waals surface area contributed by atoms with Gasteiger partial charge in [-0.15, -0.1) is 0 Å². The van der Waals surface area contributed by atoms with Crippen LogP contribution in [0.3, 0.4) is 0 Å². The molecular formula is C17H27N3O4S. The molecule has 0 spiro atoms. The molecule has 1 aliphatic rings. The topological polar surface area (TPSA) is 102 Å². The number of sulfonamides is 1. The lowest BCUT2D eigenvalue weighted by Crippen LogP contribution is -2.49. The van der Waals surface area contributed by atoms with Crippen LogP contribution in [0.25, 0.3) is 0 Å². The molecule has 0 saturated carbocycles. The highest BCUT2D eigenvalue weighted by molar-refractivity contribution is 7.89. The van der Waals surface area contributed by atoms with E-state index in [4.69, 9.17) is 10.5 Å². The summed E-state index contributed by atoms with van der Waals surface area (Å²) in [6.07, 6.45) is 2.76. The van der Waals surface area contributed by atoms with Crippen LogP contribution < -0.4 is 15.8 Å². The molecule has 1 aliphatic heterocycles. The number of ether oxygens (including phenoxy) is 1. The van der Waals surface area contributed by atoms with Gasteiger partial charge < -0.3 is 15.8 Å². The van der Waals surface area contributed by atoms with Crippen LogP contribution >= 0.6 is 0 Å². The zero-order valence-corrected chi connectivity index (χ0v) is 15.4. The van der Waals surface area contributed by atoms with E-state index in [1.807, 2.05) is 6.92 Å². The molecule has 0 aromatic heterocycles. The van der Waals surface area contributed by atoms with E-state index in [1.165, 1.54) is 4.31 Å². The predicted octanol–water partition coefficient (Wildman–Crippen LogP) is 1.09. The van der Waals surface area contributed by atoms with Crippen LogP contribution in [0.1, 0.15) is 32.6 Å². The largest absolute Gasteiger partial charge is 0.494 e. The minimum atomic E-state index is -3.60. The highest BCUT2D eigenvalue weighted by atomic mass is 32.2. The van der Waals surface area contributed by atoms with Crippen molar-refractivity contribution in [2.24, 2.45) is 5.73 Å². The maximum absolute atomic E-state index is 13.0. The Kier molecular flexibility index (Phi) is 7.22. The lowest BCUT2D eigenvalue weighted by atomic mass is 10.1. The molecule has 0 radical (unpaired) electrons. The van der Waals surface area contributed by atoms with Crippen molar-refractivity contribution in [3.63, 3.8) is 0 Å². The summed E-state index contributed by atoms with van der Waals surface area (Å²) < 4.78 is 32.8. The van der Waals surface area contributed by atoms with Gasteiger partial charge in [0, 0.05) is 32.1 Å². The summed E-state index contributed by atoms with van der Waals surface area (Å²) in [5.74, 6) is 0.497. The van der Waals surface area contributed by atoms with Gasteiger partial charge >= 0.3 is 0 Å². The number of piperidine rings is 1. The summed E-state index contributed by atoms with van der Waals surface area (Å²) in [5, 5.41) is 2.79. The van der Waals surface area contributed by atoms with Gasteiger partial charge in [0.05, 0.1) is 11.5 Å². The Morgan fingerprint density at radius 3 is 2.68 bits per heavy atom. The fourth-order valence-corrected chi connectivity index (χ4v) is 4.65. The van der Waals surface area contributed by atoms with Gasteiger partial charge in [-0.3, -0.25) is 4.79 Å². The first-order valence-corrected chi connectivity index (χ1v) is 10.1. The van der Waals surface area contributed by atoms with Crippen LogP contribution in [0.15, 0.2) is 29.2 Å². The second-order valence-corrected chi connectivity index (χ2v) is 7.90. The zero-order chi connectivity index (χ0) is 18.3. The fraction of sp³-hybridized carbons (Fsp3) is 0.588. The van der Waals surface area contributed by atoms with E-state index in [9.17, 15) is 13.2 Å². The summed E-state index contributed by atoms with van der Waals surface area (Å²) in [4.78, 5) is 11.9. The summed E-state index contributed by atoms with van der Waals surface area (Å²) in [6, 6.07) is 6.24. The number of nitrogens with one attached hydrogen (secondary N) is 1. The number of carbonyl (C=O) groups is 1. The SMILES string of the molecule is CCOc1ccc(S(=O)(=O)N2CCCCC2CNC(=O)CCN)cc1. The maximum Gasteiger partial charge on any atom is 0.243 e. The molecule has 3 N–H and O–H groups in total. The molecule has 140 valence electrons. The first-order chi connectivity index (χ1) is 12.0. The van der Waals surface area contributed by atoms with Crippen molar-refractivity contribution in [1.82, 2.24) is 9.62 Å². The highest BCUT2D eigenvalue weighted by Crippen LogP contribution is 2.26. The number of carbonyl (C=O) groups excluding carboxylic acids is 1. The molecule has 0 bridgehead atoms. The molecule has 1 atom stereocenters. The highest BCUT2D eigenvalue weighted by Gasteiger charge is 2.33. The van der Waals surface area contributed by atoms with Crippen molar-refractivity contribution < 1.29 is 17.9 Å². The molecule has 1 fully saturated rings. The number of hydrogen-bond donors (Lipinski definition) is 2. The first kappa shape index (κ1) is 19.7. The third-order valence-corrected chi connectivity index (χ3v) is 6.19. The van der Waals surface area contributed by atoms with E-state index in [-0.39, 0.29) is 29.8 Å². The van der Waals surface area contributed by atoms with E-state index in [0.29, 0.717) is 25.4 Å². The summed E-state index contributed by atoms with van der Waals surface area (Å²) in [5.41, 5.74) is 5.37. The Morgan fingerprint density at radius 2 is 2.04 bits per heavy atom. The maximum atomic E-state index is 13.0. The molecule has 1 saturated heterocycles. The van der Waals surface area contributed by atoms with Crippen molar-refractivity contribution in [3.8, 4) is 5.75 Å². The molecule has 0 aliphatic carbocycles. The first-order valence-electron chi connectivity index (χ1n) is 8.70. The monoisotopic (exact) mass is 369 g/mol. The lowest BCUT2D eigenvalue weighted by Gasteiger charge is -2.34. The summed E-state index contributed by atoms with van der Waals surface area (Å²) >= 11 is 0. The van der Waals surface area contributed by atoms with Crippen LogP contribution in [0.2, 0.25) is 0 Å². The Morgan fingerprint density at radius 1 is 1.32 bits per heavy atom. The van der Waals surface area contributed by atoms with Gasteiger partial charge in [-0.2, -0.15) is 4.31 Å². The van der Waals surface area contributed by atoms with E-state index < -0.39 is 10.0 Å². The normalized spacial score (nSPS) is 18.7. The van der Waals surface area contributed by atoms with E-state index in [1.54, 1.807) is 24.3 Å². The number of benzene rings is 1. The number of amides is 1. The smallest absolute Gasteiger partial charge is 0.243 e. The predicted molar refractivity (Wildman–Crippen MR) is 95.8 cm³/mol. The molecule has 1 aromatic rings. The van der Waals surface area contributed by atoms with E-state index in [2.05, 4.69) is 5.32 Å². The van der Waals surface area contributed by atoms with E-state index >= 15 is 0 Å². The minimum absolute atomic E-state index is 0.147. The fourth-order valence-electron chi connectivity index (χ4n) is 2.96. The molecule has 2 rings (SSSR count). The number of nitrogens with two attached hydrogens (primary N) is 1. The van der Waals surface area contributed by atoms with Gasteiger partial charge in [0.2, 0.25) is 15.9 Å². The molecule has 7 nitrogen and oxygen atoms in total. The number of hydrogen-bond acceptors (Lipinski definition) is 5. The molecule has 1 heterocycles. The average molecular weight is 369 g/mol. The minimum Gasteiger partial charge on any atom is -0.494 e. The Labute approximate surface area is 149 Å². The zero-order valence-electron chi connectivity index (χ0n) is 14.6. The van der Waals surface area contributed by atoms with Crippen molar-refractivity contribution >= 4 is 15.9 Å². The lowest BCUT2D eigenvalue weighted by molar-refractivity contribution is -0.121. The van der Waals surface area contributed by atoms with Crippen LogP contribution in [-0.2, 0) is 14.8 Å². The quantitative estimate of drug-likeness (QED) is 0.714. The van der Waals surface area contributed by atoms with Gasteiger partial charge in [0.25, 0.3) is 0 Å². The molecule has 1 aromatic carbocycles. The molecule has 8 heteroatoms. The third kappa shape index (κ3) is 5.17. The average Bonchev–Trinajstić information content (AvgIpc) is 2.61. The second-order valence-electron chi connectivity index (χ2n) is 6.01. The van der Waals surface area contributed by atoms with E-state index in [0.717, 1.165) is 19.3 Å². The van der Waals surface area contributed by atoms with Crippen LogP contribution in [-0.4, -0.2) is 50.9 Å². The third-order valence-electron chi connectivity index (χ3n) is 4.22. The van der Waals surface area contributed by atoms with Crippen molar-refractivity contribution in [2.75, 3.05) is 26.2 Å². The number of rotatable bonds is 8. The van der Waals surface area contributed by atoms with Crippen molar-refractivity contribution in [1.29, 1.82) is 0 Å². The Bertz CT molecular complexity index is 661. The molecule has 25 heavy (non-hydrogen) atoms.